The Bertz CT molecular complexity index is 1560. The maximum atomic E-state index is 13.3. The molecule has 1 unspecified atom stereocenters. The van der Waals surface area contributed by atoms with E-state index in [0.29, 0.717) is 47.8 Å². The van der Waals surface area contributed by atoms with Crippen LogP contribution in [-0.2, 0) is 0 Å². The third-order valence-corrected chi connectivity index (χ3v) is 6.81. The number of carbonyl (C=O) groups is 1. The van der Waals surface area contributed by atoms with Gasteiger partial charge in [0.1, 0.15) is 0 Å². The Labute approximate surface area is 206 Å². The number of nitrogens with zero attached hydrogens (tertiary/aromatic N) is 6. The summed E-state index contributed by atoms with van der Waals surface area (Å²) in [6.45, 7) is 5.84. The molecule has 1 saturated heterocycles. The second-order valence-corrected chi connectivity index (χ2v) is 9.28. The first-order valence-electron chi connectivity index (χ1n) is 11.5. The van der Waals surface area contributed by atoms with E-state index in [9.17, 15) is 4.79 Å². The molecule has 0 N–H and O–H groups in total. The molecule has 4 heterocycles. The van der Waals surface area contributed by atoms with Crippen molar-refractivity contribution in [3.63, 3.8) is 0 Å². The molecule has 0 bridgehead atoms. The van der Waals surface area contributed by atoms with Gasteiger partial charge in [-0.3, -0.25) is 4.79 Å². The van der Waals surface area contributed by atoms with E-state index in [-0.39, 0.29) is 11.9 Å². The Balaban J connectivity index is 1.42. The van der Waals surface area contributed by atoms with Gasteiger partial charge in [-0.05, 0) is 55.8 Å². The van der Waals surface area contributed by atoms with Gasteiger partial charge in [0, 0.05) is 41.6 Å². The molecule has 6 rings (SSSR count). The zero-order valence-corrected chi connectivity index (χ0v) is 20.1. The highest BCUT2D eigenvalue weighted by Crippen LogP contribution is 2.31. The molecule has 1 atom stereocenters. The van der Waals surface area contributed by atoms with Gasteiger partial charge in [-0.25, -0.2) is 9.38 Å². The minimum absolute atomic E-state index is 0.0219. The van der Waals surface area contributed by atoms with Crippen LogP contribution in [0.3, 0.4) is 0 Å². The van der Waals surface area contributed by atoms with E-state index in [2.05, 4.69) is 22.0 Å². The second kappa shape index (κ2) is 8.39. The topological polar surface area (TPSA) is 79.8 Å². The number of hydrogen-bond acceptors (Lipinski definition) is 6. The molecule has 9 heteroatoms. The van der Waals surface area contributed by atoms with Crippen molar-refractivity contribution in [2.75, 3.05) is 24.5 Å². The van der Waals surface area contributed by atoms with Crippen molar-refractivity contribution in [3.05, 3.63) is 77.0 Å². The van der Waals surface area contributed by atoms with Crippen LogP contribution in [0.25, 0.3) is 28.1 Å². The van der Waals surface area contributed by atoms with Crippen LogP contribution in [0.1, 0.15) is 22.8 Å². The number of aromatic nitrogens is 4. The first-order valence-corrected chi connectivity index (χ1v) is 11.9. The lowest BCUT2D eigenvalue weighted by Crippen LogP contribution is -2.54. The van der Waals surface area contributed by atoms with E-state index in [4.69, 9.17) is 21.0 Å². The van der Waals surface area contributed by atoms with Crippen molar-refractivity contribution in [2.45, 2.75) is 19.9 Å². The summed E-state index contributed by atoms with van der Waals surface area (Å²) in [5.74, 6) is 1.94. The molecule has 35 heavy (non-hydrogen) atoms. The summed E-state index contributed by atoms with van der Waals surface area (Å²) in [5.41, 5.74) is 3.14. The van der Waals surface area contributed by atoms with Gasteiger partial charge in [0.05, 0.1) is 11.8 Å². The maximum Gasteiger partial charge on any atom is 0.254 e. The molecule has 1 aliphatic heterocycles. The summed E-state index contributed by atoms with van der Waals surface area (Å²) in [6.07, 6.45) is 1.61. The van der Waals surface area contributed by atoms with E-state index in [1.165, 1.54) is 0 Å². The standard InChI is InChI=1S/C26H23ClN6O2/c1-16-6-3-4-7-19(16)25(34)32-12-11-31(15-17(32)2)26-28-21-14-18(27)9-10-20(21)23-29-30-24(33(23)26)22-8-5-13-35-22/h3-10,13-14,17H,11-12,15H2,1-2H3. The van der Waals surface area contributed by atoms with Crippen molar-refractivity contribution in [3.8, 4) is 11.6 Å². The maximum absolute atomic E-state index is 13.3. The summed E-state index contributed by atoms with van der Waals surface area (Å²) in [5, 5.41) is 10.4. The van der Waals surface area contributed by atoms with Crippen LogP contribution in [0, 0.1) is 6.92 Å². The molecular formula is C26H23ClN6O2. The molecule has 2 aromatic carbocycles. The number of carbonyl (C=O) groups excluding carboxylic acids is 1. The normalized spacial score (nSPS) is 16.4. The quantitative estimate of drug-likeness (QED) is 0.362. The molecule has 8 nitrogen and oxygen atoms in total. The minimum Gasteiger partial charge on any atom is -0.461 e. The van der Waals surface area contributed by atoms with Crippen molar-refractivity contribution in [1.29, 1.82) is 0 Å². The van der Waals surface area contributed by atoms with Crippen LogP contribution in [0.2, 0.25) is 5.02 Å². The minimum atomic E-state index is -0.0219. The third-order valence-electron chi connectivity index (χ3n) is 6.57. The Morgan fingerprint density at radius 2 is 1.94 bits per heavy atom. The lowest BCUT2D eigenvalue weighted by molar-refractivity contribution is 0.0672. The molecular weight excluding hydrogens is 464 g/mol. The summed E-state index contributed by atoms with van der Waals surface area (Å²) < 4.78 is 7.58. The summed E-state index contributed by atoms with van der Waals surface area (Å²) in [7, 11) is 0. The van der Waals surface area contributed by atoms with Gasteiger partial charge in [-0.15, -0.1) is 10.2 Å². The largest absolute Gasteiger partial charge is 0.461 e. The monoisotopic (exact) mass is 486 g/mol. The van der Waals surface area contributed by atoms with Crippen molar-refractivity contribution in [1.82, 2.24) is 24.5 Å². The number of piperazine rings is 1. The predicted octanol–water partition coefficient (Wildman–Crippen LogP) is 4.85. The molecule has 1 amide bonds. The lowest BCUT2D eigenvalue weighted by Gasteiger charge is -2.40. The predicted molar refractivity (Wildman–Crippen MR) is 135 cm³/mol. The molecule has 1 fully saturated rings. The molecule has 0 radical (unpaired) electrons. The zero-order chi connectivity index (χ0) is 24.1. The van der Waals surface area contributed by atoms with E-state index in [1.807, 2.05) is 70.8 Å². The summed E-state index contributed by atoms with van der Waals surface area (Å²) >= 11 is 6.29. The second-order valence-electron chi connectivity index (χ2n) is 8.84. The number of fused-ring (bicyclic) bond motifs is 3. The van der Waals surface area contributed by atoms with E-state index >= 15 is 0 Å². The van der Waals surface area contributed by atoms with Gasteiger partial charge < -0.3 is 14.2 Å². The summed E-state index contributed by atoms with van der Waals surface area (Å²) in [6, 6.07) is 16.9. The first-order chi connectivity index (χ1) is 17.0. The number of halogens is 1. The number of aryl methyl sites for hydroxylation is 1. The van der Waals surface area contributed by atoms with Gasteiger partial charge in [-0.1, -0.05) is 29.8 Å². The molecule has 1 aliphatic rings. The number of rotatable bonds is 3. The van der Waals surface area contributed by atoms with Crippen LogP contribution < -0.4 is 4.90 Å². The average molecular weight is 487 g/mol. The fourth-order valence-corrected chi connectivity index (χ4v) is 4.94. The number of furan rings is 1. The SMILES string of the molecule is Cc1ccccc1C(=O)N1CCN(c2nc3cc(Cl)ccc3c3nnc(-c4ccco4)n23)CC1C. The lowest BCUT2D eigenvalue weighted by atomic mass is 10.1. The van der Waals surface area contributed by atoms with Gasteiger partial charge in [-0.2, -0.15) is 0 Å². The Morgan fingerprint density at radius 1 is 1.09 bits per heavy atom. The van der Waals surface area contributed by atoms with E-state index in [0.717, 1.165) is 22.0 Å². The van der Waals surface area contributed by atoms with Crippen LogP contribution in [0.5, 0.6) is 0 Å². The molecule has 0 spiro atoms. The number of amides is 1. The van der Waals surface area contributed by atoms with Crippen LogP contribution in [-0.4, -0.2) is 56.1 Å². The zero-order valence-electron chi connectivity index (χ0n) is 19.3. The van der Waals surface area contributed by atoms with E-state index < -0.39 is 0 Å². The van der Waals surface area contributed by atoms with E-state index in [1.54, 1.807) is 6.26 Å². The van der Waals surface area contributed by atoms with Gasteiger partial charge in [0.2, 0.25) is 11.8 Å². The number of anilines is 1. The van der Waals surface area contributed by atoms with Crippen LogP contribution >= 0.6 is 11.6 Å². The van der Waals surface area contributed by atoms with Crippen molar-refractivity contribution >= 4 is 40.0 Å². The third kappa shape index (κ3) is 3.61. The smallest absolute Gasteiger partial charge is 0.254 e. The highest BCUT2D eigenvalue weighted by Gasteiger charge is 2.31. The molecule has 176 valence electrons. The highest BCUT2D eigenvalue weighted by molar-refractivity contribution is 6.31. The van der Waals surface area contributed by atoms with Gasteiger partial charge in [0.15, 0.2) is 11.4 Å². The van der Waals surface area contributed by atoms with Crippen LogP contribution in [0.4, 0.5) is 5.95 Å². The Kier molecular flexibility index (Phi) is 5.18. The summed E-state index contributed by atoms with van der Waals surface area (Å²) in [4.78, 5) is 22.4. The molecule has 0 saturated carbocycles. The molecule has 0 aliphatic carbocycles. The van der Waals surface area contributed by atoms with Crippen molar-refractivity contribution < 1.29 is 9.21 Å². The number of benzene rings is 2. The Morgan fingerprint density at radius 3 is 2.71 bits per heavy atom. The number of hydrogen-bond donors (Lipinski definition) is 0. The van der Waals surface area contributed by atoms with Gasteiger partial charge >= 0.3 is 0 Å². The Hall–Kier alpha value is -3.91. The molecule has 3 aromatic heterocycles. The molecule has 5 aromatic rings. The fraction of sp³-hybridized carbons (Fsp3) is 0.231. The first kappa shape index (κ1) is 21.6. The fourth-order valence-electron chi connectivity index (χ4n) is 4.78. The van der Waals surface area contributed by atoms with Crippen molar-refractivity contribution in [2.24, 2.45) is 0 Å². The highest BCUT2D eigenvalue weighted by atomic mass is 35.5. The van der Waals surface area contributed by atoms with Gasteiger partial charge in [0.25, 0.3) is 5.91 Å². The van der Waals surface area contributed by atoms with Crippen LogP contribution in [0.15, 0.2) is 65.3 Å². The average Bonchev–Trinajstić information content (AvgIpc) is 3.53.